The minimum absolute atomic E-state index is 0.604. The summed E-state index contributed by atoms with van der Waals surface area (Å²) in [5, 5.41) is 14.3. The Bertz CT molecular complexity index is 8910. The van der Waals surface area contributed by atoms with E-state index in [4.69, 9.17) is 9.97 Å². The van der Waals surface area contributed by atoms with Crippen molar-refractivity contribution in [2.45, 2.75) is 0 Å². The second kappa shape index (κ2) is 31.6. The van der Waals surface area contributed by atoms with Gasteiger partial charge >= 0.3 is 0 Å². The topological polar surface area (TPSA) is 55.4 Å². The lowest BCUT2D eigenvalue weighted by molar-refractivity contribution is 1.15. The molecule has 21 aromatic carbocycles. The van der Waals surface area contributed by atoms with Gasteiger partial charge in [0.05, 0.1) is 77.6 Å². The molecule has 138 heavy (non-hydrogen) atoms. The van der Waals surface area contributed by atoms with Gasteiger partial charge in [-0.1, -0.05) is 285 Å². The zero-order valence-electron chi connectivity index (χ0n) is 74.9. The average Bonchev–Trinajstić information content (AvgIpc) is 1.57. The summed E-state index contributed by atoms with van der Waals surface area (Å²) in [6, 6.07) is 183. The van der Waals surface area contributed by atoms with Gasteiger partial charge in [0, 0.05) is 115 Å². The molecular weight excluding hydrogens is 1670 g/mol. The molecule has 0 fully saturated rings. The third-order valence-electron chi connectivity index (χ3n) is 28.6. The largest absolute Gasteiger partial charge is 0.309 e. The van der Waals surface area contributed by atoms with Crippen LogP contribution in [0.4, 0.5) is 0 Å². The monoisotopic (exact) mass is 1750 g/mol. The Morgan fingerprint density at radius 1 is 0.109 bits per heavy atom. The summed E-state index contributed by atoms with van der Waals surface area (Å²) < 4.78 is 14.5. The molecule has 0 saturated carbocycles. The van der Waals surface area contributed by atoms with E-state index in [9.17, 15) is 0 Å². The molecule has 0 unspecified atom stereocenters. The third-order valence-corrected chi connectivity index (χ3v) is 28.6. The quantitative estimate of drug-likeness (QED) is 0.103. The van der Waals surface area contributed by atoms with Gasteiger partial charge in [0.1, 0.15) is 0 Å². The van der Waals surface area contributed by atoms with Crippen molar-refractivity contribution in [2.24, 2.45) is 0 Å². The van der Waals surface area contributed by atoms with E-state index in [-0.39, 0.29) is 0 Å². The molecule has 0 N–H and O–H groups in total. The van der Waals surface area contributed by atoms with Crippen LogP contribution in [0.3, 0.4) is 0 Å². The molecule has 0 radical (unpaired) electrons. The Morgan fingerprint density at radius 3 is 0.601 bits per heavy atom. The van der Waals surface area contributed by atoms with E-state index in [0.29, 0.717) is 5.82 Å². The molecular formula is C130H82N8. The Labute approximate surface area is 794 Å². The van der Waals surface area contributed by atoms with Gasteiger partial charge in [0.25, 0.3) is 0 Å². The zero-order valence-corrected chi connectivity index (χ0v) is 74.9. The molecule has 0 aliphatic rings. The van der Waals surface area contributed by atoms with Gasteiger partial charge in [0.15, 0.2) is 5.82 Å². The van der Waals surface area contributed by atoms with Crippen LogP contribution in [0.5, 0.6) is 0 Å². The number of para-hydroxylation sites is 8. The number of aromatic nitrogens is 8. The Balaban J connectivity index is 0.613. The van der Waals surface area contributed by atoms with E-state index in [1.165, 1.54) is 92.8 Å². The van der Waals surface area contributed by atoms with Crippen molar-refractivity contribution in [3.8, 4) is 135 Å². The molecule has 0 spiro atoms. The van der Waals surface area contributed by atoms with E-state index in [1.54, 1.807) is 0 Å². The van der Waals surface area contributed by atoms with Gasteiger partial charge in [-0.05, 0) is 279 Å². The Morgan fingerprint density at radius 2 is 0.297 bits per heavy atom. The lowest BCUT2D eigenvalue weighted by Crippen LogP contribution is -1.99. The van der Waals surface area contributed by atoms with Crippen molar-refractivity contribution in [3.63, 3.8) is 0 Å². The van der Waals surface area contributed by atoms with Crippen LogP contribution in [0.25, 0.3) is 266 Å². The van der Waals surface area contributed by atoms with Crippen molar-refractivity contribution in [3.05, 3.63) is 497 Å². The fourth-order valence-corrected chi connectivity index (χ4v) is 22.2. The summed E-state index contributed by atoms with van der Waals surface area (Å²) in [6.45, 7) is 0. The minimum atomic E-state index is 0.604. The standard InChI is InChI=1S/C130H82N8/c1-6-28-83(29-7-1)84-30-24-31-85(70-84)86-32-25-33-95(71-86)116-82-117(96-34-26-44-102(72-96)137-126-66-58-91(87-54-62-122-108(74-87)104-46-16-20-50-118(104)133(122)98-36-8-2-9-37-98)78-112(126)113-79-92(59-67-127(113)137)88-55-63-123-109(75-88)105-47-17-21-51-119(105)134(123)99-38-10-3-11-39-99)132-130(131-116)97-35-27-45-103(73-97)138-128-68-60-93(89-56-64-124-110(76-89)106-48-18-22-52-120(106)135(124)100-40-12-4-13-41-100)80-114(128)115-81-94(61-69-129(115)138)90-57-65-125-111(77-90)107-49-19-23-53-121(107)136(125)101-42-14-5-15-43-101/h1-82H. The van der Waals surface area contributed by atoms with Crippen molar-refractivity contribution < 1.29 is 0 Å². The van der Waals surface area contributed by atoms with Gasteiger partial charge in [-0.15, -0.1) is 0 Å². The second-order valence-electron chi connectivity index (χ2n) is 36.4. The predicted octanol–water partition coefficient (Wildman–Crippen LogP) is 34.1. The maximum atomic E-state index is 5.80. The fourth-order valence-electron chi connectivity index (χ4n) is 22.2. The highest BCUT2D eigenvalue weighted by Gasteiger charge is 2.25. The summed E-state index contributed by atoms with van der Waals surface area (Å²) in [4.78, 5) is 11.5. The smallest absolute Gasteiger partial charge is 0.160 e. The van der Waals surface area contributed by atoms with Crippen molar-refractivity contribution in [2.75, 3.05) is 0 Å². The molecule has 642 valence electrons. The fraction of sp³-hybridized carbons (Fsp3) is 0. The molecule has 7 aromatic heterocycles. The van der Waals surface area contributed by atoms with Gasteiger partial charge in [-0.25, -0.2) is 9.97 Å². The molecule has 8 nitrogen and oxygen atoms in total. The average molecular weight is 1760 g/mol. The highest BCUT2D eigenvalue weighted by atomic mass is 15.0. The molecule has 0 amide bonds. The first-order valence-corrected chi connectivity index (χ1v) is 47.3. The number of fused-ring (bicyclic) bond motifs is 18. The van der Waals surface area contributed by atoms with E-state index >= 15 is 0 Å². The molecule has 0 bridgehead atoms. The summed E-state index contributed by atoms with van der Waals surface area (Å²) >= 11 is 0. The third kappa shape index (κ3) is 12.8. The predicted molar refractivity (Wildman–Crippen MR) is 577 cm³/mol. The van der Waals surface area contributed by atoms with Crippen LogP contribution < -0.4 is 0 Å². The lowest BCUT2D eigenvalue weighted by Gasteiger charge is -2.14. The van der Waals surface area contributed by atoms with Gasteiger partial charge in [-0.2, -0.15) is 0 Å². The van der Waals surface area contributed by atoms with Crippen LogP contribution in [-0.4, -0.2) is 37.4 Å². The molecule has 0 aliphatic heterocycles. The van der Waals surface area contributed by atoms with Crippen molar-refractivity contribution in [1.29, 1.82) is 0 Å². The minimum Gasteiger partial charge on any atom is -0.309 e. The molecule has 7 heterocycles. The number of benzene rings is 21. The van der Waals surface area contributed by atoms with Crippen molar-refractivity contribution in [1.82, 2.24) is 37.4 Å². The normalized spacial score (nSPS) is 11.9. The molecule has 0 saturated heterocycles. The maximum absolute atomic E-state index is 5.80. The molecule has 0 atom stereocenters. The number of hydrogen-bond acceptors (Lipinski definition) is 2. The van der Waals surface area contributed by atoms with Gasteiger partial charge in [-0.3, -0.25) is 0 Å². The van der Waals surface area contributed by atoms with Gasteiger partial charge < -0.3 is 27.4 Å². The summed E-state index contributed by atoms with van der Waals surface area (Å²) in [5.41, 5.74) is 38.3. The van der Waals surface area contributed by atoms with Gasteiger partial charge in [0.2, 0.25) is 0 Å². The second-order valence-corrected chi connectivity index (χ2v) is 36.4. The van der Waals surface area contributed by atoms with Crippen LogP contribution in [0.1, 0.15) is 0 Å². The van der Waals surface area contributed by atoms with Crippen LogP contribution in [0.15, 0.2) is 497 Å². The highest BCUT2D eigenvalue weighted by molar-refractivity contribution is 6.18. The first-order chi connectivity index (χ1) is 68.4. The summed E-state index contributed by atoms with van der Waals surface area (Å²) in [7, 11) is 0. The first-order valence-electron chi connectivity index (χ1n) is 47.3. The molecule has 0 aliphatic carbocycles. The van der Waals surface area contributed by atoms with Crippen LogP contribution >= 0.6 is 0 Å². The first kappa shape index (κ1) is 78.2. The zero-order chi connectivity index (χ0) is 90.6. The number of hydrogen-bond donors (Lipinski definition) is 0. The summed E-state index contributed by atoms with van der Waals surface area (Å²) in [5.74, 6) is 0.604. The van der Waals surface area contributed by atoms with Crippen molar-refractivity contribution >= 4 is 131 Å². The summed E-state index contributed by atoms with van der Waals surface area (Å²) in [6.07, 6.45) is 0. The number of rotatable bonds is 15. The van der Waals surface area contributed by atoms with Crippen LogP contribution in [-0.2, 0) is 0 Å². The Hall–Kier alpha value is -18.5. The van der Waals surface area contributed by atoms with Crippen LogP contribution in [0, 0.1) is 0 Å². The lowest BCUT2D eigenvalue weighted by atomic mass is 9.97. The molecule has 8 heteroatoms. The highest BCUT2D eigenvalue weighted by Crippen LogP contribution is 2.47. The Kier molecular flexibility index (Phi) is 17.9. The van der Waals surface area contributed by atoms with E-state index in [2.05, 4.69) is 525 Å². The maximum Gasteiger partial charge on any atom is 0.160 e. The molecule has 28 aromatic rings. The van der Waals surface area contributed by atoms with Crippen LogP contribution in [0.2, 0.25) is 0 Å². The van der Waals surface area contributed by atoms with E-state index in [1.807, 2.05) is 0 Å². The SMILES string of the molecule is c1ccc(-c2cccc(-c3cccc(-c4cc(-c5cccc(-n6c7ccc(-c8ccc9c(c8)c8ccccc8n9-c8ccccc8)cc7c7cc(-c8ccc9c(c8)c8ccccc8n9-c8ccccc8)ccc76)c5)nc(-c5cccc(-n6c7ccc(-c8ccc9c(c8)c8ccccc8n9-c8ccccc8)cc7c7cc(-c8ccc9c(c8)c8ccccc8n9-c8ccccc8)ccc76)c5)n4)c3)c2)cc1. The number of nitrogens with zero attached hydrogens (tertiary/aromatic N) is 8. The van der Waals surface area contributed by atoms with E-state index < -0.39 is 0 Å². The van der Waals surface area contributed by atoms with E-state index in [0.717, 1.165) is 167 Å². The molecule has 28 rings (SSSR count).